The number of carboxylic acids is 1. The molecular weight excluding hydrogens is 168 g/mol. The normalized spacial score (nSPS) is 28.7. The number of ether oxygens (including phenoxy) is 1. The lowest BCUT2D eigenvalue weighted by molar-refractivity contribution is -0.140. The first-order valence-electron chi connectivity index (χ1n) is 5.07. The highest BCUT2D eigenvalue weighted by Gasteiger charge is 2.27. The number of aliphatic carboxylic acids is 1. The van der Waals surface area contributed by atoms with Crippen molar-refractivity contribution in [1.82, 2.24) is 0 Å². The molecule has 1 saturated carbocycles. The summed E-state index contributed by atoms with van der Waals surface area (Å²) in [6, 6.07) is 0. The predicted molar refractivity (Wildman–Crippen MR) is 49.6 cm³/mol. The van der Waals surface area contributed by atoms with Gasteiger partial charge in [0.25, 0.3) is 0 Å². The van der Waals surface area contributed by atoms with Crippen molar-refractivity contribution in [3.8, 4) is 0 Å². The average molecular weight is 186 g/mol. The Balaban J connectivity index is 2.41. The molecule has 0 bridgehead atoms. The molecule has 0 aromatic heterocycles. The van der Waals surface area contributed by atoms with E-state index in [1.54, 1.807) is 0 Å². The Bertz CT molecular complexity index is 166. The molecule has 3 heteroatoms. The van der Waals surface area contributed by atoms with Crippen molar-refractivity contribution in [1.29, 1.82) is 0 Å². The quantitative estimate of drug-likeness (QED) is 0.731. The number of rotatable bonds is 4. The van der Waals surface area contributed by atoms with Crippen LogP contribution in [0, 0.1) is 5.92 Å². The van der Waals surface area contributed by atoms with Crippen molar-refractivity contribution in [3.05, 3.63) is 0 Å². The van der Waals surface area contributed by atoms with Crippen LogP contribution >= 0.6 is 0 Å². The number of carbonyl (C=O) groups is 1. The smallest absolute Gasteiger partial charge is 0.303 e. The SMILES string of the molecule is CCO[C@@H]1CCCC[C@H]1CC(=O)O. The molecule has 13 heavy (non-hydrogen) atoms. The van der Waals surface area contributed by atoms with Gasteiger partial charge in [0.2, 0.25) is 0 Å². The van der Waals surface area contributed by atoms with Crippen LogP contribution in [0.3, 0.4) is 0 Å². The zero-order valence-electron chi connectivity index (χ0n) is 8.16. The largest absolute Gasteiger partial charge is 0.481 e. The van der Waals surface area contributed by atoms with Gasteiger partial charge in [0.05, 0.1) is 12.5 Å². The van der Waals surface area contributed by atoms with Crippen LogP contribution in [0.25, 0.3) is 0 Å². The van der Waals surface area contributed by atoms with Crippen LogP contribution < -0.4 is 0 Å². The van der Waals surface area contributed by atoms with Gasteiger partial charge >= 0.3 is 5.97 Å². The molecule has 0 radical (unpaired) electrons. The highest BCUT2D eigenvalue weighted by molar-refractivity contribution is 5.67. The summed E-state index contributed by atoms with van der Waals surface area (Å²) in [6.07, 6.45) is 4.84. The molecule has 2 atom stereocenters. The Morgan fingerprint density at radius 1 is 1.46 bits per heavy atom. The Labute approximate surface area is 79.1 Å². The molecule has 0 aromatic rings. The maximum absolute atomic E-state index is 10.6. The van der Waals surface area contributed by atoms with Gasteiger partial charge in [-0.05, 0) is 25.7 Å². The van der Waals surface area contributed by atoms with Crippen LogP contribution in [0.4, 0.5) is 0 Å². The second kappa shape index (κ2) is 5.22. The van der Waals surface area contributed by atoms with E-state index in [0.717, 1.165) is 19.3 Å². The molecule has 1 N–H and O–H groups in total. The molecule has 1 fully saturated rings. The summed E-state index contributed by atoms with van der Waals surface area (Å²) in [4.78, 5) is 10.6. The first-order valence-corrected chi connectivity index (χ1v) is 5.07. The Morgan fingerprint density at radius 3 is 2.77 bits per heavy atom. The van der Waals surface area contributed by atoms with Gasteiger partial charge < -0.3 is 9.84 Å². The fourth-order valence-corrected chi connectivity index (χ4v) is 2.06. The minimum absolute atomic E-state index is 0.190. The van der Waals surface area contributed by atoms with Crippen molar-refractivity contribution in [3.63, 3.8) is 0 Å². The highest BCUT2D eigenvalue weighted by Crippen LogP contribution is 2.29. The van der Waals surface area contributed by atoms with Crippen molar-refractivity contribution in [2.24, 2.45) is 5.92 Å². The second-order valence-electron chi connectivity index (χ2n) is 3.64. The van der Waals surface area contributed by atoms with Crippen molar-refractivity contribution < 1.29 is 14.6 Å². The zero-order valence-corrected chi connectivity index (χ0v) is 8.16. The average Bonchev–Trinajstić information content (AvgIpc) is 2.08. The molecule has 1 aliphatic rings. The third-order valence-corrected chi connectivity index (χ3v) is 2.66. The van der Waals surface area contributed by atoms with Gasteiger partial charge in [-0.25, -0.2) is 0 Å². The summed E-state index contributed by atoms with van der Waals surface area (Å²) in [5, 5.41) is 8.70. The summed E-state index contributed by atoms with van der Waals surface area (Å²) >= 11 is 0. The van der Waals surface area contributed by atoms with E-state index in [0.29, 0.717) is 6.61 Å². The zero-order chi connectivity index (χ0) is 9.68. The van der Waals surface area contributed by atoms with Gasteiger partial charge in [-0.15, -0.1) is 0 Å². The van der Waals surface area contributed by atoms with Gasteiger partial charge in [-0.3, -0.25) is 4.79 Å². The number of carboxylic acid groups (broad SMARTS) is 1. The maximum atomic E-state index is 10.6. The molecule has 76 valence electrons. The van der Waals surface area contributed by atoms with E-state index in [9.17, 15) is 4.79 Å². The van der Waals surface area contributed by atoms with E-state index in [4.69, 9.17) is 9.84 Å². The van der Waals surface area contributed by atoms with E-state index in [2.05, 4.69) is 0 Å². The van der Waals surface area contributed by atoms with Crippen LogP contribution in [0.2, 0.25) is 0 Å². The van der Waals surface area contributed by atoms with Gasteiger partial charge in [-0.2, -0.15) is 0 Å². The molecule has 0 amide bonds. The molecule has 1 rings (SSSR count). The van der Waals surface area contributed by atoms with Gasteiger partial charge in [0.1, 0.15) is 0 Å². The fourth-order valence-electron chi connectivity index (χ4n) is 2.06. The lowest BCUT2D eigenvalue weighted by atomic mass is 9.84. The lowest BCUT2D eigenvalue weighted by Crippen LogP contribution is -2.29. The van der Waals surface area contributed by atoms with Crippen LogP contribution in [-0.2, 0) is 9.53 Å². The monoisotopic (exact) mass is 186 g/mol. The Hall–Kier alpha value is -0.570. The Morgan fingerprint density at radius 2 is 2.15 bits per heavy atom. The van der Waals surface area contributed by atoms with Crippen molar-refractivity contribution >= 4 is 5.97 Å². The van der Waals surface area contributed by atoms with Crippen molar-refractivity contribution in [2.75, 3.05) is 6.61 Å². The van der Waals surface area contributed by atoms with E-state index in [1.165, 1.54) is 6.42 Å². The van der Waals surface area contributed by atoms with Gasteiger partial charge in [-0.1, -0.05) is 12.8 Å². The van der Waals surface area contributed by atoms with E-state index in [-0.39, 0.29) is 18.4 Å². The molecule has 0 saturated heterocycles. The summed E-state index contributed by atoms with van der Waals surface area (Å²) in [5.74, 6) is -0.456. The van der Waals surface area contributed by atoms with Crippen LogP contribution in [0.5, 0.6) is 0 Å². The molecule has 0 spiro atoms. The summed E-state index contributed by atoms with van der Waals surface area (Å²) < 4.78 is 5.53. The fraction of sp³-hybridized carbons (Fsp3) is 0.900. The van der Waals surface area contributed by atoms with E-state index in [1.807, 2.05) is 6.92 Å². The first-order chi connectivity index (χ1) is 6.24. The molecule has 0 heterocycles. The lowest BCUT2D eigenvalue weighted by Gasteiger charge is -2.30. The minimum atomic E-state index is -0.698. The van der Waals surface area contributed by atoms with Crippen molar-refractivity contribution in [2.45, 2.75) is 45.1 Å². The Kier molecular flexibility index (Phi) is 4.22. The third-order valence-electron chi connectivity index (χ3n) is 2.66. The number of hydrogen-bond acceptors (Lipinski definition) is 2. The summed E-state index contributed by atoms with van der Waals surface area (Å²) in [5.41, 5.74) is 0. The van der Waals surface area contributed by atoms with Crippen LogP contribution in [0.15, 0.2) is 0 Å². The minimum Gasteiger partial charge on any atom is -0.481 e. The summed E-state index contributed by atoms with van der Waals surface area (Å²) in [7, 11) is 0. The van der Waals surface area contributed by atoms with Gasteiger partial charge in [0, 0.05) is 6.61 Å². The molecule has 0 aromatic carbocycles. The van der Waals surface area contributed by atoms with Crippen LogP contribution in [0.1, 0.15) is 39.0 Å². The van der Waals surface area contributed by atoms with Crippen LogP contribution in [-0.4, -0.2) is 23.8 Å². The molecule has 3 nitrogen and oxygen atoms in total. The topological polar surface area (TPSA) is 46.5 Å². The molecule has 0 unspecified atom stereocenters. The molecular formula is C10H18O3. The second-order valence-corrected chi connectivity index (χ2v) is 3.64. The highest BCUT2D eigenvalue weighted by atomic mass is 16.5. The number of hydrogen-bond donors (Lipinski definition) is 1. The first kappa shape index (κ1) is 10.5. The molecule has 0 aliphatic heterocycles. The third kappa shape index (κ3) is 3.35. The maximum Gasteiger partial charge on any atom is 0.303 e. The predicted octanol–water partition coefficient (Wildman–Crippen LogP) is 2.06. The molecule has 1 aliphatic carbocycles. The van der Waals surface area contributed by atoms with E-state index < -0.39 is 5.97 Å². The van der Waals surface area contributed by atoms with E-state index >= 15 is 0 Å². The standard InChI is InChI=1S/C10H18O3/c1-2-13-9-6-4-3-5-8(9)7-10(11)12/h8-9H,2-7H2,1H3,(H,11,12)/t8-,9+/m0/s1. The summed E-state index contributed by atoms with van der Waals surface area (Å²) in [6.45, 7) is 2.66. The van der Waals surface area contributed by atoms with Gasteiger partial charge in [0.15, 0.2) is 0 Å².